The molecular formula is C17H26N4O3S. The molecule has 0 unspecified atom stereocenters. The predicted octanol–water partition coefficient (Wildman–Crippen LogP) is 0.953. The summed E-state index contributed by atoms with van der Waals surface area (Å²) in [7, 11) is 0. The van der Waals surface area contributed by atoms with Gasteiger partial charge < -0.3 is 15.8 Å². The van der Waals surface area contributed by atoms with E-state index in [2.05, 4.69) is 5.32 Å². The third-order valence-corrected chi connectivity index (χ3v) is 5.84. The first-order valence-electron chi connectivity index (χ1n) is 8.86. The van der Waals surface area contributed by atoms with E-state index >= 15 is 0 Å². The third kappa shape index (κ3) is 3.57. The van der Waals surface area contributed by atoms with Gasteiger partial charge in [-0.15, -0.1) is 11.3 Å². The molecule has 0 aromatic carbocycles. The van der Waals surface area contributed by atoms with Crippen LogP contribution in [0.3, 0.4) is 0 Å². The zero-order chi connectivity index (χ0) is 18.0. The molecule has 2 aromatic heterocycles. The topological polar surface area (TPSA) is 91.3 Å². The zero-order valence-corrected chi connectivity index (χ0v) is 15.7. The van der Waals surface area contributed by atoms with E-state index < -0.39 is 0 Å². The molecule has 2 aromatic rings. The minimum Gasteiger partial charge on any atom is -0.380 e. The number of hydrogen-bond acceptors (Lipinski definition) is 6. The first-order chi connectivity index (χ1) is 12.1. The summed E-state index contributed by atoms with van der Waals surface area (Å²) in [5, 5.41) is 3.95. The van der Waals surface area contributed by atoms with Crippen molar-refractivity contribution in [3.8, 4) is 0 Å². The summed E-state index contributed by atoms with van der Waals surface area (Å²) in [5.74, 6) is 0. The number of nitrogens with two attached hydrogens (primary N) is 1. The summed E-state index contributed by atoms with van der Waals surface area (Å²) in [5.41, 5.74) is 6.15. The largest absolute Gasteiger partial charge is 0.380 e. The van der Waals surface area contributed by atoms with Gasteiger partial charge in [-0.05, 0) is 32.3 Å². The van der Waals surface area contributed by atoms with Gasteiger partial charge in [-0.3, -0.25) is 13.9 Å². The lowest BCUT2D eigenvalue weighted by Gasteiger charge is -2.11. The molecule has 8 heteroatoms. The third-order valence-electron chi connectivity index (χ3n) is 4.52. The molecule has 3 rings (SSSR count). The first-order valence-corrected chi connectivity index (χ1v) is 9.67. The number of hydrogen-bond donors (Lipinski definition) is 2. The van der Waals surface area contributed by atoms with Crippen molar-refractivity contribution in [3.63, 3.8) is 0 Å². The van der Waals surface area contributed by atoms with Gasteiger partial charge in [-0.1, -0.05) is 0 Å². The van der Waals surface area contributed by atoms with Crippen molar-refractivity contribution in [1.29, 1.82) is 0 Å². The Morgan fingerprint density at radius 2 is 2.12 bits per heavy atom. The van der Waals surface area contributed by atoms with E-state index in [4.69, 9.17) is 10.5 Å². The molecule has 1 fully saturated rings. The highest BCUT2D eigenvalue weighted by molar-refractivity contribution is 7.18. The minimum atomic E-state index is -0.206. The summed E-state index contributed by atoms with van der Waals surface area (Å²) in [6.45, 7) is 7.38. The molecule has 7 nitrogen and oxygen atoms in total. The average molecular weight is 366 g/mol. The van der Waals surface area contributed by atoms with E-state index in [0.29, 0.717) is 38.2 Å². The predicted molar refractivity (Wildman–Crippen MR) is 101 cm³/mol. The van der Waals surface area contributed by atoms with Crippen molar-refractivity contribution in [1.82, 2.24) is 14.5 Å². The molecule has 0 spiro atoms. The van der Waals surface area contributed by atoms with Crippen LogP contribution in [0.4, 0.5) is 0 Å². The molecule has 25 heavy (non-hydrogen) atoms. The maximum absolute atomic E-state index is 13.0. The second-order valence-electron chi connectivity index (χ2n) is 6.33. The monoisotopic (exact) mass is 366 g/mol. The molecule has 1 aliphatic rings. The Kier molecular flexibility index (Phi) is 5.73. The molecule has 0 amide bonds. The van der Waals surface area contributed by atoms with Crippen LogP contribution in [0.5, 0.6) is 0 Å². The van der Waals surface area contributed by atoms with Crippen molar-refractivity contribution in [2.24, 2.45) is 5.73 Å². The van der Waals surface area contributed by atoms with Crippen LogP contribution in [-0.4, -0.2) is 35.4 Å². The summed E-state index contributed by atoms with van der Waals surface area (Å²) in [6.07, 6.45) is 1.81. The molecule has 3 N–H and O–H groups in total. The number of nitrogens with zero attached hydrogens (tertiary/aromatic N) is 2. The highest BCUT2D eigenvalue weighted by Gasteiger charge is 2.30. The maximum Gasteiger partial charge on any atom is 0.332 e. The van der Waals surface area contributed by atoms with Crippen molar-refractivity contribution in [3.05, 3.63) is 31.3 Å². The quantitative estimate of drug-likeness (QED) is 0.645. The van der Waals surface area contributed by atoms with Gasteiger partial charge in [0.1, 0.15) is 4.83 Å². The summed E-state index contributed by atoms with van der Waals surface area (Å²) in [6, 6.07) is 0.0564. The van der Waals surface area contributed by atoms with Gasteiger partial charge in [0.15, 0.2) is 0 Å². The van der Waals surface area contributed by atoms with Crippen LogP contribution in [0, 0.1) is 6.92 Å². The highest BCUT2D eigenvalue weighted by atomic mass is 32.1. The Labute approximate surface area is 150 Å². The molecule has 0 atom stereocenters. The van der Waals surface area contributed by atoms with E-state index in [1.165, 1.54) is 15.9 Å². The molecular weight excluding hydrogens is 340 g/mol. The fourth-order valence-corrected chi connectivity index (χ4v) is 4.32. The fraction of sp³-hybridized carbons (Fsp3) is 0.647. The number of aromatic nitrogens is 2. The van der Waals surface area contributed by atoms with Crippen LogP contribution in [0.15, 0.2) is 9.59 Å². The van der Waals surface area contributed by atoms with Gasteiger partial charge in [-0.2, -0.15) is 0 Å². The smallest absolute Gasteiger partial charge is 0.332 e. The van der Waals surface area contributed by atoms with Crippen molar-refractivity contribution in [2.45, 2.75) is 45.8 Å². The van der Waals surface area contributed by atoms with Crippen molar-refractivity contribution < 1.29 is 4.74 Å². The fourth-order valence-electron chi connectivity index (χ4n) is 3.04. The average Bonchev–Trinajstić information content (AvgIpc) is 3.36. The Morgan fingerprint density at radius 1 is 1.36 bits per heavy atom. The Bertz CT molecular complexity index is 863. The molecule has 2 heterocycles. The molecule has 0 saturated heterocycles. The molecule has 1 saturated carbocycles. The lowest BCUT2D eigenvalue weighted by molar-refractivity contribution is 0.138. The second-order valence-corrected chi connectivity index (χ2v) is 7.42. The second kappa shape index (κ2) is 7.82. The van der Waals surface area contributed by atoms with E-state index in [1.54, 1.807) is 4.57 Å². The number of rotatable bonds is 9. The van der Waals surface area contributed by atoms with Gasteiger partial charge in [0.25, 0.3) is 5.56 Å². The lowest BCUT2D eigenvalue weighted by Crippen LogP contribution is -2.40. The van der Waals surface area contributed by atoms with Crippen LogP contribution < -0.4 is 22.3 Å². The summed E-state index contributed by atoms with van der Waals surface area (Å²) < 4.78 is 8.60. The zero-order valence-electron chi connectivity index (χ0n) is 14.8. The number of thiophene rings is 1. The van der Waals surface area contributed by atoms with Gasteiger partial charge in [0, 0.05) is 37.2 Å². The van der Waals surface area contributed by atoms with Crippen LogP contribution in [0.1, 0.15) is 36.2 Å². The summed E-state index contributed by atoms with van der Waals surface area (Å²) >= 11 is 1.52. The Morgan fingerprint density at radius 3 is 2.76 bits per heavy atom. The molecule has 138 valence electrons. The number of nitrogens with one attached hydrogen (secondary N) is 1. The van der Waals surface area contributed by atoms with Gasteiger partial charge in [-0.25, -0.2) is 4.79 Å². The van der Waals surface area contributed by atoms with Gasteiger partial charge in [0.2, 0.25) is 0 Å². The van der Waals surface area contributed by atoms with Crippen LogP contribution in [0.2, 0.25) is 0 Å². The van der Waals surface area contributed by atoms with E-state index in [-0.39, 0.29) is 17.3 Å². The molecule has 0 radical (unpaired) electrons. The number of fused-ring (bicyclic) bond motifs is 1. The standard InChI is InChI=1S/C17H26N4O3S/c1-3-24-9-8-20-16-14(11(2)13(25-16)10-19-7-6-18)15(22)21(17(20)23)12-4-5-12/h12,19H,3-10,18H2,1-2H3. The van der Waals surface area contributed by atoms with E-state index in [0.717, 1.165) is 34.7 Å². The first kappa shape index (κ1) is 18.3. The number of aryl methyl sites for hydroxylation is 1. The van der Waals surface area contributed by atoms with Crippen LogP contribution in [0.25, 0.3) is 10.2 Å². The summed E-state index contributed by atoms with van der Waals surface area (Å²) in [4.78, 5) is 27.7. The van der Waals surface area contributed by atoms with Crippen molar-refractivity contribution >= 4 is 21.6 Å². The SMILES string of the molecule is CCOCCn1c(=O)n(C2CC2)c(=O)c2c(C)c(CNCCN)sc21. The normalized spacial score (nSPS) is 14.5. The van der Waals surface area contributed by atoms with Gasteiger partial charge in [0.05, 0.1) is 18.5 Å². The maximum atomic E-state index is 13.0. The lowest BCUT2D eigenvalue weighted by atomic mass is 10.2. The van der Waals surface area contributed by atoms with Crippen LogP contribution >= 0.6 is 11.3 Å². The Hall–Kier alpha value is -1.48. The highest BCUT2D eigenvalue weighted by Crippen LogP contribution is 2.34. The Balaban J connectivity index is 2.12. The van der Waals surface area contributed by atoms with Gasteiger partial charge >= 0.3 is 5.69 Å². The van der Waals surface area contributed by atoms with Crippen molar-refractivity contribution in [2.75, 3.05) is 26.3 Å². The van der Waals surface area contributed by atoms with E-state index in [9.17, 15) is 9.59 Å². The molecule has 1 aliphatic carbocycles. The minimum absolute atomic E-state index is 0.0564. The number of ether oxygens (including phenoxy) is 1. The molecule has 0 aliphatic heterocycles. The molecule has 0 bridgehead atoms. The van der Waals surface area contributed by atoms with E-state index in [1.807, 2.05) is 13.8 Å². The van der Waals surface area contributed by atoms with Crippen LogP contribution in [-0.2, 0) is 17.8 Å².